The summed E-state index contributed by atoms with van der Waals surface area (Å²) < 4.78 is 10.7. The van der Waals surface area contributed by atoms with E-state index in [1.54, 1.807) is 6.92 Å². The van der Waals surface area contributed by atoms with Crippen molar-refractivity contribution in [1.29, 1.82) is 0 Å². The quantitative estimate of drug-likeness (QED) is 0.534. The SMILES string of the molecule is C=C(C)C(=O)OC(C)C1(CC(C)C)COC1. The third kappa shape index (κ3) is 2.85. The fourth-order valence-corrected chi connectivity index (χ4v) is 2.08. The molecule has 1 saturated heterocycles. The minimum Gasteiger partial charge on any atom is -0.459 e. The topological polar surface area (TPSA) is 35.5 Å². The molecule has 0 saturated carbocycles. The first kappa shape index (κ1) is 13.2. The van der Waals surface area contributed by atoms with E-state index in [1.807, 2.05) is 6.92 Å². The number of carbonyl (C=O) groups is 1. The number of carbonyl (C=O) groups excluding carboxylic acids is 1. The minimum absolute atomic E-state index is 0.0132. The predicted octanol–water partition coefficient (Wildman–Crippen LogP) is 2.56. The number of hydrogen-bond donors (Lipinski definition) is 0. The van der Waals surface area contributed by atoms with Crippen LogP contribution >= 0.6 is 0 Å². The van der Waals surface area contributed by atoms with Crippen LogP contribution in [-0.2, 0) is 14.3 Å². The van der Waals surface area contributed by atoms with Crippen molar-refractivity contribution in [3.8, 4) is 0 Å². The van der Waals surface area contributed by atoms with Gasteiger partial charge in [0.2, 0.25) is 0 Å². The Kier molecular flexibility index (Phi) is 4.14. The van der Waals surface area contributed by atoms with Gasteiger partial charge >= 0.3 is 5.97 Å². The number of hydrogen-bond acceptors (Lipinski definition) is 3. The fraction of sp³-hybridized carbons (Fsp3) is 0.769. The lowest BCUT2D eigenvalue weighted by Crippen LogP contribution is -2.52. The summed E-state index contributed by atoms with van der Waals surface area (Å²) >= 11 is 0. The standard InChI is InChI=1S/C13H22O3/c1-9(2)6-13(7-15-8-13)11(5)16-12(14)10(3)4/h9,11H,3,6-8H2,1-2,4-5H3. The molecule has 3 nitrogen and oxygen atoms in total. The molecule has 1 heterocycles. The molecule has 1 aliphatic rings. The Labute approximate surface area is 97.8 Å². The lowest BCUT2D eigenvalue weighted by Gasteiger charge is -2.46. The molecule has 1 aliphatic heterocycles. The molecule has 0 bridgehead atoms. The predicted molar refractivity (Wildman–Crippen MR) is 63.1 cm³/mol. The summed E-state index contributed by atoms with van der Waals surface area (Å²) in [5, 5.41) is 0. The van der Waals surface area contributed by atoms with Crippen LogP contribution < -0.4 is 0 Å². The van der Waals surface area contributed by atoms with Crippen LogP contribution in [0.5, 0.6) is 0 Å². The summed E-state index contributed by atoms with van der Waals surface area (Å²) in [5.41, 5.74) is 0.464. The average Bonchev–Trinajstić information content (AvgIpc) is 2.10. The van der Waals surface area contributed by atoms with Gasteiger partial charge in [0, 0.05) is 5.57 Å². The van der Waals surface area contributed by atoms with Gasteiger partial charge in [-0.05, 0) is 26.2 Å². The van der Waals surface area contributed by atoms with Crippen molar-refractivity contribution in [3.63, 3.8) is 0 Å². The smallest absolute Gasteiger partial charge is 0.333 e. The second-order valence-electron chi connectivity index (χ2n) is 5.28. The molecule has 0 N–H and O–H groups in total. The zero-order valence-electron chi connectivity index (χ0n) is 10.7. The van der Waals surface area contributed by atoms with Gasteiger partial charge in [0.05, 0.1) is 18.6 Å². The fourth-order valence-electron chi connectivity index (χ4n) is 2.08. The Balaban J connectivity index is 2.59. The lowest BCUT2D eigenvalue weighted by atomic mass is 9.74. The molecule has 1 unspecified atom stereocenters. The highest BCUT2D eigenvalue weighted by atomic mass is 16.6. The van der Waals surface area contributed by atoms with Gasteiger partial charge in [-0.1, -0.05) is 20.4 Å². The largest absolute Gasteiger partial charge is 0.459 e. The molecule has 92 valence electrons. The Bertz CT molecular complexity index is 277. The van der Waals surface area contributed by atoms with E-state index in [2.05, 4.69) is 20.4 Å². The molecule has 0 spiro atoms. The van der Waals surface area contributed by atoms with Crippen LogP contribution in [-0.4, -0.2) is 25.3 Å². The maximum absolute atomic E-state index is 11.5. The number of esters is 1. The van der Waals surface area contributed by atoms with Crippen molar-refractivity contribution in [2.24, 2.45) is 11.3 Å². The van der Waals surface area contributed by atoms with Crippen molar-refractivity contribution in [1.82, 2.24) is 0 Å². The molecule has 1 fully saturated rings. The molecule has 3 heteroatoms. The third-order valence-corrected chi connectivity index (χ3v) is 3.09. The first-order chi connectivity index (χ1) is 7.37. The van der Waals surface area contributed by atoms with Crippen molar-refractivity contribution in [2.45, 2.75) is 40.2 Å². The monoisotopic (exact) mass is 226 g/mol. The second kappa shape index (κ2) is 5.00. The molecule has 16 heavy (non-hydrogen) atoms. The summed E-state index contributed by atoms with van der Waals surface area (Å²) in [5.74, 6) is 0.275. The highest BCUT2D eigenvalue weighted by Crippen LogP contribution is 2.39. The van der Waals surface area contributed by atoms with Gasteiger partial charge < -0.3 is 9.47 Å². The number of rotatable bonds is 5. The van der Waals surface area contributed by atoms with E-state index in [0.29, 0.717) is 24.7 Å². The molecule has 0 amide bonds. The highest BCUT2D eigenvalue weighted by molar-refractivity contribution is 5.87. The molecule has 0 aromatic rings. The van der Waals surface area contributed by atoms with Crippen molar-refractivity contribution < 1.29 is 14.3 Å². The number of ether oxygens (including phenoxy) is 2. The van der Waals surface area contributed by atoms with Crippen molar-refractivity contribution >= 4 is 5.97 Å². The molecule has 1 rings (SSSR count). The van der Waals surface area contributed by atoms with Gasteiger partial charge in [-0.3, -0.25) is 0 Å². The first-order valence-corrected chi connectivity index (χ1v) is 5.81. The summed E-state index contributed by atoms with van der Waals surface area (Å²) in [6.45, 7) is 12.9. The van der Waals surface area contributed by atoms with E-state index in [0.717, 1.165) is 6.42 Å². The summed E-state index contributed by atoms with van der Waals surface area (Å²) in [4.78, 5) is 11.5. The van der Waals surface area contributed by atoms with Crippen LogP contribution in [0.25, 0.3) is 0 Å². The van der Waals surface area contributed by atoms with E-state index >= 15 is 0 Å². The molecular formula is C13H22O3. The summed E-state index contributed by atoms with van der Waals surface area (Å²) in [6.07, 6.45) is 0.922. The van der Waals surface area contributed by atoms with Crippen LogP contribution in [0.15, 0.2) is 12.2 Å². The van der Waals surface area contributed by atoms with Crippen LogP contribution in [0.2, 0.25) is 0 Å². The Hall–Kier alpha value is -0.830. The van der Waals surface area contributed by atoms with Gasteiger partial charge in [0.25, 0.3) is 0 Å². The van der Waals surface area contributed by atoms with Gasteiger partial charge in [0.15, 0.2) is 0 Å². The van der Waals surface area contributed by atoms with Gasteiger partial charge in [-0.15, -0.1) is 0 Å². The lowest BCUT2D eigenvalue weighted by molar-refractivity contribution is -0.194. The van der Waals surface area contributed by atoms with Crippen molar-refractivity contribution in [2.75, 3.05) is 13.2 Å². The molecule has 1 atom stereocenters. The van der Waals surface area contributed by atoms with Crippen molar-refractivity contribution in [3.05, 3.63) is 12.2 Å². The molecule has 0 radical (unpaired) electrons. The molecule has 0 aromatic heterocycles. The van der Waals surface area contributed by atoms with E-state index in [1.165, 1.54) is 0 Å². The Morgan fingerprint density at radius 2 is 2.00 bits per heavy atom. The summed E-state index contributed by atoms with van der Waals surface area (Å²) in [6, 6.07) is 0. The third-order valence-electron chi connectivity index (χ3n) is 3.09. The van der Waals surface area contributed by atoms with Crippen LogP contribution in [0.4, 0.5) is 0 Å². The van der Waals surface area contributed by atoms with E-state index in [4.69, 9.17) is 9.47 Å². The van der Waals surface area contributed by atoms with Gasteiger partial charge in [-0.2, -0.15) is 0 Å². The van der Waals surface area contributed by atoms with Crippen LogP contribution in [0.1, 0.15) is 34.1 Å². The maximum Gasteiger partial charge on any atom is 0.333 e. The van der Waals surface area contributed by atoms with Crippen LogP contribution in [0, 0.1) is 11.3 Å². The van der Waals surface area contributed by atoms with E-state index in [9.17, 15) is 4.79 Å². The average molecular weight is 226 g/mol. The Morgan fingerprint density at radius 3 is 2.31 bits per heavy atom. The Morgan fingerprint density at radius 1 is 1.44 bits per heavy atom. The molecule has 0 aromatic carbocycles. The van der Waals surface area contributed by atoms with Gasteiger partial charge in [-0.25, -0.2) is 4.79 Å². The van der Waals surface area contributed by atoms with Gasteiger partial charge in [0.1, 0.15) is 6.10 Å². The molecular weight excluding hydrogens is 204 g/mol. The molecule has 0 aliphatic carbocycles. The minimum atomic E-state index is -0.303. The second-order valence-corrected chi connectivity index (χ2v) is 5.28. The first-order valence-electron chi connectivity index (χ1n) is 5.81. The zero-order valence-corrected chi connectivity index (χ0v) is 10.7. The normalized spacial score (nSPS) is 20.1. The van der Waals surface area contributed by atoms with E-state index in [-0.39, 0.29) is 17.5 Å². The maximum atomic E-state index is 11.5. The van der Waals surface area contributed by atoms with E-state index < -0.39 is 0 Å². The van der Waals surface area contributed by atoms with Crippen LogP contribution in [0.3, 0.4) is 0 Å². The highest BCUT2D eigenvalue weighted by Gasteiger charge is 2.45. The summed E-state index contributed by atoms with van der Waals surface area (Å²) in [7, 11) is 0. The zero-order chi connectivity index (χ0) is 12.3.